The number of nitrogens with zero attached hydrogens (tertiary/aromatic N) is 1. The van der Waals surface area contributed by atoms with E-state index >= 15 is 0 Å². The fourth-order valence-corrected chi connectivity index (χ4v) is 2.07. The van der Waals surface area contributed by atoms with E-state index in [1.54, 1.807) is 6.92 Å². The van der Waals surface area contributed by atoms with Crippen LogP contribution in [0.25, 0.3) is 0 Å². The molecule has 1 aromatic carbocycles. The van der Waals surface area contributed by atoms with Crippen LogP contribution in [-0.4, -0.2) is 17.1 Å². The third kappa shape index (κ3) is 4.93. The number of aliphatic carboxylic acids is 1. The summed E-state index contributed by atoms with van der Waals surface area (Å²) in [5.74, 6) is -1.04. The Morgan fingerprint density at radius 3 is 2.70 bits per heavy atom. The fourth-order valence-electron chi connectivity index (χ4n) is 2.07. The lowest BCUT2D eigenvalue weighted by molar-refractivity contribution is -0.141. The quantitative estimate of drug-likeness (QED) is 0.797. The highest BCUT2D eigenvalue weighted by molar-refractivity contribution is 5.69. The maximum atomic E-state index is 10.7. The van der Waals surface area contributed by atoms with Gasteiger partial charge < -0.3 is 10.4 Å². The van der Waals surface area contributed by atoms with Crippen LogP contribution >= 0.6 is 0 Å². The van der Waals surface area contributed by atoms with Gasteiger partial charge in [-0.25, -0.2) is 0 Å². The summed E-state index contributed by atoms with van der Waals surface area (Å²) in [5, 5.41) is 21.3. The van der Waals surface area contributed by atoms with E-state index in [-0.39, 0.29) is 12.0 Å². The number of hydrogen-bond acceptors (Lipinski definition) is 3. The van der Waals surface area contributed by atoms with Crippen LogP contribution in [0.3, 0.4) is 0 Å². The summed E-state index contributed by atoms with van der Waals surface area (Å²) in [5.41, 5.74) is 2.56. The van der Waals surface area contributed by atoms with E-state index in [1.807, 2.05) is 32.0 Å². The van der Waals surface area contributed by atoms with Crippen LogP contribution in [0.2, 0.25) is 0 Å². The summed E-state index contributed by atoms with van der Waals surface area (Å²) in [6.07, 6.45) is 2.42. The van der Waals surface area contributed by atoms with Crippen molar-refractivity contribution in [2.75, 3.05) is 5.32 Å². The number of hydrogen-bond donors (Lipinski definition) is 2. The zero-order chi connectivity index (χ0) is 15.1. The van der Waals surface area contributed by atoms with E-state index in [1.165, 1.54) is 0 Å². The average Bonchev–Trinajstić information content (AvgIpc) is 2.40. The van der Waals surface area contributed by atoms with Crippen LogP contribution in [0.15, 0.2) is 18.2 Å². The molecule has 0 bridgehead atoms. The standard InChI is InChI=1S/C16H22N2O2/c1-11-7-8-15(14(9-11)10-17)18-13(3)6-4-5-12(2)16(19)20/h7-9,12-13,18H,4-6H2,1-3H3,(H,19,20). The van der Waals surface area contributed by atoms with Crippen LogP contribution in [0, 0.1) is 24.2 Å². The van der Waals surface area contributed by atoms with E-state index in [0.29, 0.717) is 12.0 Å². The molecule has 0 radical (unpaired) electrons. The number of carbonyl (C=O) groups is 1. The van der Waals surface area contributed by atoms with E-state index in [4.69, 9.17) is 10.4 Å². The Labute approximate surface area is 120 Å². The normalized spacial score (nSPS) is 13.3. The van der Waals surface area contributed by atoms with E-state index < -0.39 is 5.97 Å². The van der Waals surface area contributed by atoms with E-state index in [2.05, 4.69) is 11.4 Å². The van der Waals surface area contributed by atoms with Gasteiger partial charge in [0.1, 0.15) is 6.07 Å². The molecule has 0 saturated carbocycles. The van der Waals surface area contributed by atoms with Crippen LogP contribution in [0.5, 0.6) is 0 Å². The minimum Gasteiger partial charge on any atom is -0.481 e. The fraction of sp³-hybridized carbons (Fsp3) is 0.500. The number of anilines is 1. The van der Waals surface area contributed by atoms with Gasteiger partial charge in [0, 0.05) is 6.04 Å². The van der Waals surface area contributed by atoms with Crippen molar-refractivity contribution in [1.29, 1.82) is 5.26 Å². The van der Waals surface area contributed by atoms with Crippen LogP contribution in [0.1, 0.15) is 44.2 Å². The zero-order valence-electron chi connectivity index (χ0n) is 12.3. The number of rotatable bonds is 7. The molecular weight excluding hydrogens is 252 g/mol. The highest BCUT2D eigenvalue weighted by atomic mass is 16.4. The molecule has 0 aliphatic heterocycles. The molecule has 4 heteroatoms. The van der Waals surface area contributed by atoms with Crippen LogP contribution in [0.4, 0.5) is 5.69 Å². The van der Waals surface area contributed by atoms with Crippen molar-refractivity contribution in [3.63, 3.8) is 0 Å². The highest BCUT2D eigenvalue weighted by Gasteiger charge is 2.12. The molecule has 0 spiro atoms. The summed E-state index contributed by atoms with van der Waals surface area (Å²) in [6.45, 7) is 5.74. The smallest absolute Gasteiger partial charge is 0.306 e. The van der Waals surface area contributed by atoms with Crippen LogP contribution < -0.4 is 5.32 Å². The van der Waals surface area contributed by atoms with Crippen molar-refractivity contribution in [3.05, 3.63) is 29.3 Å². The Kier molecular flexibility index (Phi) is 6.05. The molecular formula is C16H22N2O2. The summed E-state index contributed by atoms with van der Waals surface area (Å²) >= 11 is 0. The molecule has 0 saturated heterocycles. The van der Waals surface area contributed by atoms with Gasteiger partial charge in [0.05, 0.1) is 17.2 Å². The molecule has 2 N–H and O–H groups in total. The van der Waals surface area contributed by atoms with Gasteiger partial charge in [-0.05, 0) is 44.4 Å². The van der Waals surface area contributed by atoms with Crippen molar-refractivity contribution < 1.29 is 9.90 Å². The van der Waals surface area contributed by atoms with Crippen LogP contribution in [-0.2, 0) is 4.79 Å². The Hall–Kier alpha value is -2.02. The van der Waals surface area contributed by atoms with Crippen molar-refractivity contribution in [2.24, 2.45) is 5.92 Å². The molecule has 0 fully saturated rings. The largest absolute Gasteiger partial charge is 0.481 e. The monoisotopic (exact) mass is 274 g/mol. The number of nitrogens with one attached hydrogen (secondary N) is 1. The minimum absolute atomic E-state index is 0.214. The number of carboxylic acids is 1. The first-order valence-electron chi connectivity index (χ1n) is 6.94. The number of aryl methyl sites for hydroxylation is 1. The number of nitriles is 1. The van der Waals surface area contributed by atoms with Crippen molar-refractivity contribution >= 4 is 11.7 Å². The first-order valence-corrected chi connectivity index (χ1v) is 6.94. The van der Waals surface area contributed by atoms with Crippen molar-refractivity contribution in [1.82, 2.24) is 0 Å². The topological polar surface area (TPSA) is 73.1 Å². The third-order valence-corrected chi connectivity index (χ3v) is 3.39. The maximum absolute atomic E-state index is 10.7. The molecule has 2 atom stereocenters. The Morgan fingerprint density at radius 1 is 1.40 bits per heavy atom. The van der Waals surface area contributed by atoms with E-state index in [0.717, 1.165) is 24.1 Å². The van der Waals surface area contributed by atoms with Gasteiger partial charge in [0.15, 0.2) is 0 Å². The Morgan fingerprint density at radius 2 is 2.10 bits per heavy atom. The van der Waals surface area contributed by atoms with Gasteiger partial charge >= 0.3 is 5.97 Å². The third-order valence-electron chi connectivity index (χ3n) is 3.39. The van der Waals surface area contributed by atoms with Gasteiger partial charge in [0.2, 0.25) is 0 Å². The Bertz CT molecular complexity index is 506. The molecule has 0 aromatic heterocycles. The van der Waals surface area contributed by atoms with Gasteiger partial charge in [0.25, 0.3) is 0 Å². The molecule has 4 nitrogen and oxygen atoms in total. The summed E-state index contributed by atoms with van der Waals surface area (Å²) in [6, 6.07) is 8.16. The lowest BCUT2D eigenvalue weighted by Gasteiger charge is -2.17. The van der Waals surface area contributed by atoms with Gasteiger partial charge in [-0.3, -0.25) is 4.79 Å². The molecule has 0 aliphatic carbocycles. The number of carboxylic acid groups (broad SMARTS) is 1. The second kappa shape index (κ2) is 7.54. The minimum atomic E-state index is -0.740. The lowest BCUT2D eigenvalue weighted by Crippen LogP contribution is -2.17. The first kappa shape index (κ1) is 16.0. The second-order valence-electron chi connectivity index (χ2n) is 5.38. The summed E-state index contributed by atoms with van der Waals surface area (Å²) in [4.78, 5) is 10.7. The lowest BCUT2D eigenvalue weighted by atomic mass is 10.0. The van der Waals surface area contributed by atoms with E-state index in [9.17, 15) is 4.79 Å². The van der Waals surface area contributed by atoms with Gasteiger partial charge in [-0.2, -0.15) is 5.26 Å². The zero-order valence-corrected chi connectivity index (χ0v) is 12.3. The molecule has 0 aliphatic rings. The summed E-state index contributed by atoms with van der Waals surface area (Å²) in [7, 11) is 0. The Balaban J connectivity index is 2.49. The molecule has 2 unspecified atom stereocenters. The molecule has 20 heavy (non-hydrogen) atoms. The number of benzene rings is 1. The maximum Gasteiger partial charge on any atom is 0.306 e. The van der Waals surface area contributed by atoms with Crippen molar-refractivity contribution in [2.45, 2.75) is 46.1 Å². The molecule has 1 rings (SSSR count). The highest BCUT2D eigenvalue weighted by Crippen LogP contribution is 2.19. The molecule has 0 amide bonds. The predicted octanol–water partition coefficient (Wildman–Crippen LogP) is 3.56. The first-order chi connectivity index (χ1) is 9.43. The van der Waals surface area contributed by atoms with Gasteiger partial charge in [-0.15, -0.1) is 0 Å². The van der Waals surface area contributed by atoms with Gasteiger partial charge in [-0.1, -0.05) is 19.4 Å². The molecule has 0 heterocycles. The SMILES string of the molecule is Cc1ccc(NC(C)CCCC(C)C(=O)O)c(C#N)c1. The average molecular weight is 274 g/mol. The second-order valence-corrected chi connectivity index (χ2v) is 5.38. The summed E-state index contributed by atoms with van der Waals surface area (Å²) < 4.78 is 0. The van der Waals surface area contributed by atoms with Crippen molar-refractivity contribution in [3.8, 4) is 6.07 Å². The molecule has 108 valence electrons. The molecule has 1 aromatic rings. The predicted molar refractivity (Wildman–Crippen MR) is 79.6 cm³/mol.